The fraction of sp³-hybridized carbons (Fsp3) is 0.312. The molecule has 3 heterocycles. The minimum absolute atomic E-state index is 0.180. The third kappa shape index (κ3) is 2.45. The molecule has 0 aliphatic heterocycles. The lowest BCUT2D eigenvalue weighted by atomic mass is 10.2. The molecule has 0 radical (unpaired) electrons. The summed E-state index contributed by atoms with van der Waals surface area (Å²) in [6.45, 7) is 1.82. The van der Waals surface area contributed by atoms with E-state index in [2.05, 4.69) is 25.5 Å². The second-order valence-electron chi connectivity index (χ2n) is 5.77. The monoisotopic (exact) mass is 324 g/mol. The van der Waals surface area contributed by atoms with E-state index in [0.29, 0.717) is 28.9 Å². The Morgan fingerprint density at radius 1 is 1.42 bits per heavy atom. The van der Waals surface area contributed by atoms with Crippen LogP contribution in [0.2, 0.25) is 0 Å². The summed E-state index contributed by atoms with van der Waals surface area (Å²) >= 11 is 0. The quantitative estimate of drug-likeness (QED) is 0.786. The van der Waals surface area contributed by atoms with Gasteiger partial charge in [-0.1, -0.05) is 5.16 Å². The molecule has 1 aliphatic rings. The molecular weight excluding hydrogens is 308 g/mol. The van der Waals surface area contributed by atoms with E-state index in [1.165, 1.54) is 6.20 Å². The maximum Gasteiger partial charge on any atom is 0.258 e. The third-order valence-electron chi connectivity index (χ3n) is 4.08. The lowest BCUT2D eigenvalue weighted by molar-refractivity contribution is 0.0962. The van der Waals surface area contributed by atoms with Crippen molar-refractivity contribution in [3.63, 3.8) is 0 Å². The molecule has 8 heteroatoms. The number of nitrogens with zero attached hydrogens (tertiary/aromatic N) is 5. The maximum absolute atomic E-state index is 11.8. The van der Waals surface area contributed by atoms with Gasteiger partial charge in [0.25, 0.3) is 11.8 Å². The molecule has 24 heavy (non-hydrogen) atoms. The van der Waals surface area contributed by atoms with Crippen LogP contribution in [0, 0.1) is 6.92 Å². The lowest BCUT2D eigenvalue weighted by Crippen LogP contribution is -2.18. The molecule has 0 atom stereocenters. The highest BCUT2D eigenvalue weighted by Gasteiger charge is 2.29. The van der Waals surface area contributed by atoms with Crippen molar-refractivity contribution in [3.8, 4) is 17.3 Å². The smallest absolute Gasteiger partial charge is 0.258 e. The fourth-order valence-corrected chi connectivity index (χ4v) is 2.52. The van der Waals surface area contributed by atoms with Gasteiger partial charge in [0, 0.05) is 24.7 Å². The number of rotatable bonds is 4. The molecule has 0 aromatic carbocycles. The SMILES string of the molecule is CNC(=O)c1cnn(-c2cc(-c3nc(C4CC4)no3)ccn2)c1C. The Balaban J connectivity index is 1.69. The largest absolute Gasteiger partial charge is 0.355 e. The first-order valence-corrected chi connectivity index (χ1v) is 7.74. The second kappa shape index (κ2) is 5.55. The molecule has 3 aromatic rings. The fourth-order valence-electron chi connectivity index (χ4n) is 2.52. The number of carbonyl (C=O) groups is 1. The summed E-state index contributed by atoms with van der Waals surface area (Å²) in [5.41, 5.74) is 2.00. The Bertz CT molecular complexity index is 909. The summed E-state index contributed by atoms with van der Waals surface area (Å²) in [6.07, 6.45) is 5.43. The van der Waals surface area contributed by atoms with E-state index in [4.69, 9.17) is 4.52 Å². The van der Waals surface area contributed by atoms with Crippen molar-refractivity contribution in [2.75, 3.05) is 7.05 Å². The minimum Gasteiger partial charge on any atom is -0.355 e. The Morgan fingerprint density at radius 3 is 3.00 bits per heavy atom. The van der Waals surface area contributed by atoms with Gasteiger partial charge in [0.2, 0.25) is 0 Å². The lowest BCUT2D eigenvalue weighted by Gasteiger charge is -2.05. The zero-order valence-electron chi connectivity index (χ0n) is 13.4. The topological polar surface area (TPSA) is 98.7 Å². The van der Waals surface area contributed by atoms with E-state index in [-0.39, 0.29) is 5.91 Å². The number of hydrogen-bond acceptors (Lipinski definition) is 6. The molecule has 0 bridgehead atoms. The van der Waals surface area contributed by atoms with E-state index in [0.717, 1.165) is 24.2 Å². The molecule has 1 amide bonds. The van der Waals surface area contributed by atoms with Gasteiger partial charge < -0.3 is 9.84 Å². The number of nitrogens with one attached hydrogen (secondary N) is 1. The molecule has 1 N–H and O–H groups in total. The van der Waals surface area contributed by atoms with Crippen LogP contribution in [0.5, 0.6) is 0 Å². The first-order valence-electron chi connectivity index (χ1n) is 7.74. The predicted octanol–water partition coefficient (Wildman–Crippen LogP) is 1.86. The molecule has 3 aromatic heterocycles. The van der Waals surface area contributed by atoms with Gasteiger partial charge in [-0.25, -0.2) is 9.67 Å². The molecule has 1 saturated carbocycles. The molecule has 0 spiro atoms. The maximum atomic E-state index is 11.8. The van der Waals surface area contributed by atoms with Crippen LogP contribution < -0.4 is 5.32 Å². The second-order valence-corrected chi connectivity index (χ2v) is 5.77. The first kappa shape index (κ1) is 14.6. The number of amides is 1. The van der Waals surface area contributed by atoms with Gasteiger partial charge >= 0.3 is 0 Å². The van der Waals surface area contributed by atoms with Gasteiger partial charge in [0.05, 0.1) is 17.5 Å². The molecule has 1 fully saturated rings. The van der Waals surface area contributed by atoms with Crippen LogP contribution >= 0.6 is 0 Å². The van der Waals surface area contributed by atoms with E-state index in [1.54, 1.807) is 17.9 Å². The van der Waals surface area contributed by atoms with Crippen LogP contribution in [0.1, 0.15) is 40.6 Å². The van der Waals surface area contributed by atoms with E-state index < -0.39 is 0 Å². The Labute approximate surface area is 137 Å². The van der Waals surface area contributed by atoms with Crippen LogP contribution in [0.25, 0.3) is 17.3 Å². The highest BCUT2D eigenvalue weighted by molar-refractivity contribution is 5.94. The number of hydrogen-bond donors (Lipinski definition) is 1. The van der Waals surface area contributed by atoms with Crippen molar-refractivity contribution in [1.82, 2.24) is 30.2 Å². The highest BCUT2D eigenvalue weighted by atomic mass is 16.5. The molecule has 4 rings (SSSR count). The summed E-state index contributed by atoms with van der Waals surface area (Å²) in [5, 5.41) is 10.9. The summed E-state index contributed by atoms with van der Waals surface area (Å²) in [7, 11) is 1.59. The minimum atomic E-state index is -0.180. The molecule has 122 valence electrons. The van der Waals surface area contributed by atoms with Crippen molar-refractivity contribution in [1.29, 1.82) is 0 Å². The highest BCUT2D eigenvalue weighted by Crippen LogP contribution is 2.38. The van der Waals surface area contributed by atoms with E-state index >= 15 is 0 Å². The summed E-state index contributed by atoms with van der Waals surface area (Å²) in [4.78, 5) is 20.6. The van der Waals surface area contributed by atoms with Crippen LogP contribution in [0.3, 0.4) is 0 Å². The van der Waals surface area contributed by atoms with Gasteiger partial charge in [-0.3, -0.25) is 4.79 Å². The van der Waals surface area contributed by atoms with Crippen LogP contribution in [0.4, 0.5) is 0 Å². The Hall–Kier alpha value is -3.03. The summed E-state index contributed by atoms with van der Waals surface area (Å²) < 4.78 is 6.97. The standard InChI is InChI=1S/C16H16N6O2/c1-9-12(15(23)17-2)8-19-22(9)13-7-11(5-6-18-13)16-20-14(21-24-16)10-3-4-10/h5-8,10H,3-4H2,1-2H3,(H,17,23). The third-order valence-corrected chi connectivity index (χ3v) is 4.08. The Kier molecular flexibility index (Phi) is 3.37. The molecular formula is C16H16N6O2. The van der Waals surface area contributed by atoms with E-state index in [1.807, 2.05) is 19.1 Å². The van der Waals surface area contributed by atoms with Crippen molar-refractivity contribution >= 4 is 5.91 Å². The van der Waals surface area contributed by atoms with E-state index in [9.17, 15) is 4.79 Å². The van der Waals surface area contributed by atoms with Crippen LogP contribution in [-0.4, -0.2) is 37.9 Å². The van der Waals surface area contributed by atoms with Gasteiger partial charge in [-0.2, -0.15) is 10.1 Å². The van der Waals surface area contributed by atoms with Gasteiger partial charge in [0.15, 0.2) is 11.6 Å². The van der Waals surface area contributed by atoms with Crippen LogP contribution in [0.15, 0.2) is 29.0 Å². The zero-order chi connectivity index (χ0) is 16.7. The van der Waals surface area contributed by atoms with Crippen molar-refractivity contribution in [2.45, 2.75) is 25.7 Å². The average molecular weight is 324 g/mol. The van der Waals surface area contributed by atoms with Gasteiger partial charge in [0.1, 0.15) is 0 Å². The number of aromatic nitrogens is 5. The number of carbonyl (C=O) groups excluding carboxylic acids is 1. The number of pyridine rings is 1. The molecule has 1 aliphatic carbocycles. The zero-order valence-corrected chi connectivity index (χ0v) is 13.4. The predicted molar refractivity (Wildman–Crippen MR) is 84.8 cm³/mol. The van der Waals surface area contributed by atoms with Gasteiger partial charge in [-0.05, 0) is 31.9 Å². The summed E-state index contributed by atoms with van der Waals surface area (Å²) in [5.74, 6) is 2.08. The average Bonchev–Trinajstić information content (AvgIpc) is 3.21. The van der Waals surface area contributed by atoms with Crippen LogP contribution in [-0.2, 0) is 0 Å². The van der Waals surface area contributed by atoms with Crippen molar-refractivity contribution in [3.05, 3.63) is 41.6 Å². The first-order chi connectivity index (χ1) is 11.7. The molecule has 0 saturated heterocycles. The van der Waals surface area contributed by atoms with Gasteiger partial charge in [-0.15, -0.1) is 0 Å². The molecule has 8 nitrogen and oxygen atoms in total. The Morgan fingerprint density at radius 2 is 2.25 bits per heavy atom. The van der Waals surface area contributed by atoms with Crippen molar-refractivity contribution < 1.29 is 9.32 Å². The summed E-state index contributed by atoms with van der Waals surface area (Å²) in [6, 6.07) is 3.63. The molecule has 0 unspecified atom stereocenters. The van der Waals surface area contributed by atoms with Crippen molar-refractivity contribution in [2.24, 2.45) is 0 Å². The normalized spacial score (nSPS) is 13.9.